The van der Waals surface area contributed by atoms with Gasteiger partial charge in [-0.2, -0.15) is 0 Å². The van der Waals surface area contributed by atoms with E-state index in [2.05, 4.69) is 44.4 Å². The minimum Gasteiger partial charge on any atom is -0.411 e. The molecule has 0 radical (unpaired) electrons. The van der Waals surface area contributed by atoms with Crippen molar-refractivity contribution in [3.8, 4) is 0 Å². The molecule has 6 heteroatoms. The summed E-state index contributed by atoms with van der Waals surface area (Å²) >= 11 is 0. The first-order valence-electron chi connectivity index (χ1n) is 7.85. The molecule has 0 aliphatic carbocycles. The average Bonchev–Trinajstić information content (AvgIpc) is 2.64. The Hall–Kier alpha value is -3.02. The molecule has 1 heterocycles. The van der Waals surface area contributed by atoms with Crippen LogP contribution >= 0.6 is 0 Å². The number of rotatable bonds is 4. The molecule has 1 aliphatic heterocycles. The molecule has 24 heavy (non-hydrogen) atoms. The lowest BCUT2D eigenvalue weighted by Gasteiger charge is -2.37. The van der Waals surface area contributed by atoms with Crippen LogP contribution in [0.3, 0.4) is 0 Å². The third-order valence-electron chi connectivity index (χ3n) is 4.21. The fraction of sp³-hybridized carbons (Fsp3) is 0.222. The van der Waals surface area contributed by atoms with Crippen LogP contribution in [0.15, 0.2) is 58.8 Å². The Bertz CT molecular complexity index is 639. The lowest BCUT2D eigenvalue weighted by atomic mass is 10.1. The molecule has 2 aromatic carbocycles. The maximum Gasteiger partial charge on any atom is 0.0733 e. The third-order valence-corrected chi connectivity index (χ3v) is 4.21. The first-order valence-corrected chi connectivity index (χ1v) is 7.85. The number of hydrogen-bond donors (Lipinski definition) is 2. The highest BCUT2D eigenvalue weighted by Crippen LogP contribution is 2.21. The molecule has 0 bridgehead atoms. The van der Waals surface area contributed by atoms with E-state index in [-0.39, 0.29) is 0 Å². The molecule has 0 aromatic heterocycles. The van der Waals surface area contributed by atoms with Gasteiger partial charge in [-0.05, 0) is 35.4 Å². The summed E-state index contributed by atoms with van der Waals surface area (Å²) in [5, 5.41) is 23.2. The summed E-state index contributed by atoms with van der Waals surface area (Å²) in [7, 11) is 0. The highest BCUT2D eigenvalue weighted by molar-refractivity contribution is 5.80. The molecule has 0 atom stereocenters. The van der Waals surface area contributed by atoms with Gasteiger partial charge in [0.25, 0.3) is 0 Å². The van der Waals surface area contributed by atoms with Crippen LogP contribution in [-0.2, 0) is 0 Å². The predicted octanol–water partition coefficient (Wildman–Crippen LogP) is 2.63. The van der Waals surface area contributed by atoms with Gasteiger partial charge < -0.3 is 20.2 Å². The number of nitrogens with zero attached hydrogens (tertiary/aromatic N) is 4. The Morgan fingerprint density at radius 1 is 0.625 bits per heavy atom. The third kappa shape index (κ3) is 3.65. The van der Waals surface area contributed by atoms with E-state index >= 15 is 0 Å². The van der Waals surface area contributed by atoms with Crippen molar-refractivity contribution in [2.75, 3.05) is 36.0 Å². The summed E-state index contributed by atoms with van der Waals surface area (Å²) in [6.07, 6.45) is 2.85. The molecule has 6 nitrogen and oxygen atoms in total. The second-order valence-electron chi connectivity index (χ2n) is 5.65. The molecule has 2 N–H and O–H groups in total. The number of benzene rings is 2. The van der Waals surface area contributed by atoms with Gasteiger partial charge in [-0.25, -0.2) is 0 Å². The number of anilines is 2. The van der Waals surface area contributed by atoms with E-state index in [4.69, 9.17) is 10.4 Å². The summed E-state index contributed by atoms with van der Waals surface area (Å²) in [6, 6.07) is 16.0. The lowest BCUT2D eigenvalue weighted by Crippen LogP contribution is -2.46. The second kappa shape index (κ2) is 7.50. The minimum absolute atomic E-state index is 0.881. The zero-order chi connectivity index (χ0) is 16.8. The van der Waals surface area contributed by atoms with Crippen molar-refractivity contribution >= 4 is 23.8 Å². The minimum atomic E-state index is 0.881. The van der Waals surface area contributed by atoms with Crippen molar-refractivity contribution in [1.82, 2.24) is 0 Å². The molecule has 3 rings (SSSR count). The van der Waals surface area contributed by atoms with Crippen LogP contribution in [0.5, 0.6) is 0 Å². The quantitative estimate of drug-likeness (QED) is 0.515. The van der Waals surface area contributed by atoms with Crippen molar-refractivity contribution in [3.63, 3.8) is 0 Å². The largest absolute Gasteiger partial charge is 0.411 e. The Morgan fingerprint density at radius 3 is 1.25 bits per heavy atom. The monoisotopic (exact) mass is 324 g/mol. The van der Waals surface area contributed by atoms with Crippen LogP contribution in [0.1, 0.15) is 11.1 Å². The summed E-state index contributed by atoms with van der Waals surface area (Å²) in [6.45, 7) is 3.81. The molecular formula is C18H20N4O2. The maximum absolute atomic E-state index is 8.56. The molecule has 0 spiro atoms. The molecule has 1 saturated heterocycles. The second-order valence-corrected chi connectivity index (χ2v) is 5.65. The molecule has 0 saturated carbocycles. The summed E-state index contributed by atoms with van der Waals surface area (Å²) in [4.78, 5) is 4.70. The van der Waals surface area contributed by atoms with Crippen LogP contribution in [0, 0.1) is 0 Å². The number of hydrogen-bond acceptors (Lipinski definition) is 6. The fourth-order valence-corrected chi connectivity index (χ4v) is 2.90. The van der Waals surface area contributed by atoms with Crippen molar-refractivity contribution in [2.24, 2.45) is 10.3 Å². The van der Waals surface area contributed by atoms with Crippen LogP contribution in [0.4, 0.5) is 11.4 Å². The van der Waals surface area contributed by atoms with Gasteiger partial charge in [0.15, 0.2) is 0 Å². The van der Waals surface area contributed by atoms with Crippen LogP contribution in [-0.4, -0.2) is 49.0 Å². The Morgan fingerprint density at radius 2 is 0.958 bits per heavy atom. The van der Waals surface area contributed by atoms with Gasteiger partial charge in [0.2, 0.25) is 0 Å². The van der Waals surface area contributed by atoms with Gasteiger partial charge in [-0.1, -0.05) is 34.6 Å². The highest BCUT2D eigenvalue weighted by Gasteiger charge is 2.17. The standard InChI is InChI=1S/C18H20N4O2/c23-19-13-15-1-5-17(6-2-15)21-9-11-22(12-10-21)18-7-3-16(4-8-18)14-20-24/h1-8,13-14,23-24H,9-12H2/b19-13-,20-14-. The van der Waals surface area contributed by atoms with E-state index in [0.717, 1.165) is 37.3 Å². The van der Waals surface area contributed by atoms with E-state index in [1.807, 2.05) is 24.3 Å². The van der Waals surface area contributed by atoms with Gasteiger partial charge in [0.1, 0.15) is 0 Å². The topological polar surface area (TPSA) is 71.7 Å². The maximum atomic E-state index is 8.56. The van der Waals surface area contributed by atoms with Crippen molar-refractivity contribution in [2.45, 2.75) is 0 Å². The van der Waals surface area contributed by atoms with E-state index in [9.17, 15) is 0 Å². The molecule has 1 aliphatic rings. The van der Waals surface area contributed by atoms with Crippen molar-refractivity contribution < 1.29 is 10.4 Å². The van der Waals surface area contributed by atoms with Gasteiger partial charge in [-0.3, -0.25) is 0 Å². The van der Waals surface area contributed by atoms with Gasteiger partial charge in [0.05, 0.1) is 12.4 Å². The number of piperazine rings is 1. The van der Waals surface area contributed by atoms with E-state index in [1.54, 1.807) is 0 Å². The van der Waals surface area contributed by atoms with E-state index in [0.29, 0.717) is 0 Å². The molecule has 0 unspecified atom stereocenters. The van der Waals surface area contributed by atoms with Crippen molar-refractivity contribution in [3.05, 3.63) is 59.7 Å². The highest BCUT2D eigenvalue weighted by atomic mass is 16.4. The van der Waals surface area contributed by atoms with Crippen molar-refractivity contribution in [1.29, 1.82) is 0 Å². The number of oxime groups is 2. The van der Waals surface area contributed by atoms with Crippen LogP contribution in [0.2, 0.25) is 0 Å². The summed E-state index contributed by atoms with van der Waals surface area (Å²) in [5.74, 6) is 0. The predicted molar refractivity (Wildman–Crippen MR) is 96.1 cm³/mol. The zero-order valence-corrected chi connectivity index (χ0v) is 13.3. The molecule has 124 valence electrons. The normalized spacial score (nSPS) is 15.5. The van der Waals surface area contributed by atoms with Crippen LogP contribution < -0.4 is 9.80 Å². The zero-order valence-electron chi connectivity index (χ0n) is 13.3. The summed E-state index contributed by atoms with van der Waals surface area (Å²) < 4.78 is 0. The SMILES string of the molecule is O/N=C\c1ccc(N2CCN(c3ccc(/C=N\O)cc3)CC2)cc1. The average molecular weight is 324 g/mol. The van der Waals surface area contributed by atoms with Gasteiger partial charge in [-0.15, -0.1) is 0 Å². The smallest absolute Gasteiger partial charge is 0.0733 e. The summed E-state index contributed by atoms with van der Waals surface area (Å²) in [5.41, 5.74) is 4.12. The van der Waals surface area contributed by atoms with E-state index < -0.39 is 0 Å². The molecule has 1 fully saturated rings. The first kappa shape index (κ1) is 15.9. The van der Waals surface area contributed by atoms with E-state index in [1.165, 1.54) is 23.8 Å². The molecule has 2 aromatic rings. The van der Waals surface area contributed by atoms with Gasteiger partial charge >= 0.3 is 0 Å². The Balaban J connectivity index is 1.60. The first-order chi connectivity index (χ1) is 11.8. The van der Waals surface area contributed by atoms with Crippen LogP contribution in [0.25, 0.3) is 0 Å². The Labute approximate surface area is 140 Å². The lowest BCUT2D eigenvalue weighted by molar-refractivity contribution is 0.321. The molecule has 0 amide bonds. The molecular weight excluding hydrogens is 304 g/mol. The Kier molecular flexibility index (Phi) is 4.96. The fourth-order valence-electron chi connectivity index (χ4n) is 2.90. The van der Waals surface area contributed by atoms with Gasteiger partial charge in [0, 0.05) is 37.6 Å².